The molecule has 0 aliphatic rings. The van der Waals surface area contributed by atoms with Crippen molar-refractivity contribution in [3.05, 3.63) is 29.3 Å². The molecule has 0 heterocycles. The van der Waals surface area contributed by atoms with Gasteiger partial charge in [0.2, 0.25) is 11.8 Å². The molecule has 2 amide bonds. The molecule has 0 spiro atoms. The molecule has 0 radical (unpaired) electrons. The van der Waals surface area contributed by atoms with E-state index >= 15 is 0 Å². The maximum Gasteiger partial charge on any atom is 0.322 e. The standard InChI is InChI=1S/C14H18N2O4/c1-9-3-4-11(10(2)7-9)16-13(18)6-5-12(17)15-8-14(19)20/h3-4,7H,5-6,8H2,1-2H3,(H,15,17)(H,16,18)(H,19,20). The highest BCUT2D eigenvalue weighted by molar-refractivity contribution is 5.94. The lowest BCUT2D eigenvalue weighted by Gasteiger charge is -2.09. The summed E-state index contributed by atoms with van der Waals surface area (Å²) in [5, 5.41) is 13.3. The van der Waals surface area contributed by atoms with Crippen LogP contribution in [0.25, 0.3) is 0 Å². The Morgan fingerprint density at radius 3 is 2.35 bits per heavy atom. The van der Waals surface area contributed by atoms with Gasteiger partial charge in [-0.2, -0.15) is 0 Å². The molecular weight excluding hydrogens is 260 g/mol. The van der Waals surface area contributed by atoms with Gasteiger partial charge in [-0.3, -0.25) is 14.4 Å². The zero-order valence-corrected chi connectivity index (χ0v) is 11.5. The van der Waals surface area contributed by atoms with Gasteiger partial charge in [-0.1, -0.05) is 17.7 Å². The fourth-order valence-corrected chi connectivity index (χ4v) is 1.66. The van der Waals surface area contributed by atoms with Crippen LogP contribution in [0, 0.1) is 13.8 Å². The molecule has 0 aromatic heterocycles. The average Bonchev–Trinajstić information content (AvgIpc) is 2.37. The molecule has 0 saturated heterocycles. The molecule has 0 fully saturated rings. The molecule has 6 heteroatoms. The van der Waals surface area contributed by atoms with Gasteiger partial charge < -0.3 is 15.7 Å². The van der Waals surface area contributed by atoms with Gasteiger partial charge in [-0.25, -0.2) is 0 Å². The first-order valence-corrected chi connectivity index (χ1v) is 6.24. The van der Waals surface area contributed by atoms with E-state index in [-0.39, 0.29) is 18.7 Å². The van der Waals surface area contributed by atoms with E-state index in [0.717, 1.165) is 11.1 Å². The van der Waals surface area contributed by atoms with Crippen LogP contribution in [0.4, 0.5) is 5.69 Å². The SMILES string of the molecule is Cc1ccc(NC(=O)CCC(=O)NCC(=O)O)c(C)c1. The number of hydrogen-bond acceptors (Lipinski definition) is 3. The highest BCUT2D eigenvalue weighted by Gasteiger charge is 2.09. The second-order valence-electron chi connectivity index (χ2n) is 4.54. The van der Waals surface area contributed by atoms with Crippen molar-refractivity contribution in [1.82, 2.24) is 5.32 Å². The molecule has 0 aliphatic carbocycles. The molecule has 1 aromatic rings. The summed E-state index contributed by atoms with van der Waals surface area (Å²) in [5.74, 6) is -1.84. The van der Waals surface area contributed by atoms with E-state index in [4.69, 9.17) is 5.11 Å². The first-order chi connectivity index (χ1) is 9.38. The number of benzene rings is 1. The molecule has 0 bridgehead atoms. The number of carbonyl (C=O) groups is 3. The zero-order valence-electron chi connectivity index (χ0n) is 11.5. The third-order valence-corrected chi connectivity index (χ3v) is 2.67. The molecule has 20 heavy (non-hydrogen) atoms. The van der Waals surface area contributed by atoms with Crippen molar-refractivity contribution in [2.24, 2.45) is 0 Å². The van der Waals surface area contributed by atoms with Crippen molar-refractivity contribution in [2.75, 3.05) is 11.9 Å². The van der Waals surface area contributed by atoms with Crippen molar-refractivity contribution in [2.45, 2.75) is 26.7 Å². The Hall–Kier alpha value is -2.37. The normalized spacial score (nSPS) is 9.90. The van der Waals surface area contributed by atoms with Gasteiger partial charge in [-0.05, 0) is 25.5 Å². The number of aliphatic carboxylic acids is 1. The Morgan fingerprint density at radius 1 is 1.10 bits per heavy atom. The summed E-state index contributed by atoms with van der Waals surface area (Å²) in [7, 11) is 0. The smallest absolute Gasteiger partial charge is 0.322 e. The first-order valence-electron chi connectivity index (χ1n) is 6.24. The van der Waals surface area contributed by atoms with Gasteiger partial charge in [0.15, 0.2) is 0 Å². The average molecular weight is 278 g/mol. The number of nitrogens with one attached hydrogen (secondary N) is 2. The number of carbonyl (C=O) groups excluding carboxylic acids is 2. The second-order valence-corrected chi connectivity index (χ2v) is 4.54. The van der Waals surface area contributed by atoms with E-state index in [1.165, 1.54) is 0 Å². The van der Waals surface area contributed by atoms with Gasteiger partial charge >= 0.3 is 5.97 Å². The van der Waals surface area contributed by atoms with Gasteiger partial charge in [-0.15, -0.1) is 0 Å². The fourth-order valence-electron chi connectivity index (χ4n) is 1.66. The highest BCUT2D eigenvalue weighted by atomic mass is 16.4. The number of anilines is 1. The van der Waals surface area contributed by atoms with Crippen LogP contribution >= 0.6 is 0 Å². The maximum atomic E-state index is 11.7. The lowest BCUT2D eigenvalue weighted by molar-refractivity contribution is -0.138. The summed E-state index contributed by atoms with van der Waals surface area (Å²) in [5.41, 5.74) is 2.77. The Kier molecular flexibility index (Phi) is 5.71. The minimum absolute atomic E-state index is 0.0127. The molecular formula is C14H18N2O4. The zero-order chi connectivity index (χ0) is 15.1. The number of carboxylic acid groups (broad SMARTS) is 1. The van der Waals surface area contributed by atoms with Crippen molar-refractivity contribution in [3.63, 3.8) is 0 Å². The summed E-state index contributed by atoms with van der Waals surface area (Å²) >= 11 is 0. The molecule has 108 valence electrons. The molecule has 3 N–H and O–H groups in total. The third-order valence-electron chi connectivity index (χ3n) is 2.67. The molecule has 0 atom stereocenters. The lowest BCUT2D eigenvalue weighted by Crippen LogP contribution is -2.29. The predicted molar refractivity (Wildman–Crippen MR) is 74.4 cm³/mol. The first kappa shape index (κ1) is 15.7. The lowest BCUT2D eigenvalue weighted by atomic mass is 10.1. The Bertz CT molecular complexity index is 526. The third kappa shape index (κ3) is 5.51. The number of aryl methyl sites for hydroxylation is 2. The monoisotopic (exact) mass is 278 g/mol. The van der Waals surface area contributed by atoms with Gasteiger partial charge in [0.25, 0.3) is 0 Å². The summed E-state index contributed by atoms with van der Waals surface area (Å²) in [4.78, 5) is 33.2. The molecule has 1 rings (SSSR count). The molecule has 0 unspecified atom stereocenters. The predicted octanol–water partition coefficient (Wildman–Crippen LogP) is 1.22. The molecule has 6 nitrogen and oxygen atoms in total. The van der Waals surface area contributed by atoms with E-state index in [0.29, 0.717) is 5.69 Å². The van der Waals surface area contributed by atoms with Crippen LogP contribution in [0.3, 0.4) is 0 Å². The van der Waals surface area contributed by atoms with Crippen molar-refractivity contribution >= 4 is 23.5 Å². The molecule has 1 aromatic carbocycles. The van der Waals surface area contributed by atoms with Crippen LogP contribution in [0.2, 0.25) is 0 Å². The van der Waals surface area contributed by atoms with E-state index in [9.17, 15) is 14.4 Å². The van der Waals surface area contributed by atoms with E-state index in [2.05, 4.69) is 10.6 Å². The number of amides is 2. The summed E-state index contributed by atoms with van der Waals surface area (Å²) in [6.07, 6.45) is -0.0250. The molecule has 0 saturated carbocycles. The number of carboxylic acids is 1. The Balaban J connectivity index is 2.40. The van der Waals surface area contributed by atoms with E-state index in [1.54, 1.807) is 0 Å². The molecule has 0 aliphatic heterocycles. The van der Waals surface area contributed by atoms with E-state index < -0.39 is 18.4 Å². The van der Waals surface area contributed by atoms with Gasteiger partial charge in [0.05, 0.1) is 0 Å². The highest BCUT2D eigenvalue weighted by Crippen LogP contribution is 2.16. The van der Waals surface area contributed by atoms with Crippen LogP contribution in [0.1, 0.15) is 24.0 Å². The van der Waals surface area contributed by atoms with Crippen molar-refractivity contribution in [1.29, 1.82) is 0 Å². The summed E-state index contributed by atoms with van der Waals surface area (Å²) in [6.45, 7) is 3.42. The topological polar surface area (TPSA) is 95.5 Å². The Morgan fingerprint density at radius 2 is 1.75 bits per heavy atom. The largest absolute Gasteiger partial charge is 0.480 e. The Labute approximate surface area is 117 Å². The van der Waals surface area contributed by atoms with Crippen LogP contribution in [0.5, 0.6) is 0 Å². The second kappa shape index (κ2) is 7.28. The van der Waals surface area contributed by atoms with Gasteiger partial charge in [0.1, 0.15) is 6.54 Å². The van der Waals surface area contributed by atoms with E-state index in [1.807, 2.05) is 32.0 Å². The van der Waals surface area contributed by atoms with Crippen LogP contribution in [-0.4, -0.2) is 29.4 Å². The minimum atomic E-state index is -1.11. The van der Waals surface area contributed by atoms with Gasteiger partial charge in [0, 0.05) is 18.5 Å². The number of rotatable bonds is 6. The van der Waals surface area contributed by atoms with Crippen molar-refractivity contribution < 1.29 is 19.5 Å². The fraction of sp³-hybridized carbons (Fsp3) is 0.357. The maximum absolute atomic E-state index is 11.7. The summed E-state index contributed by atoms with van der Waals surface area (Å²) < 4.78 is 0. The minimum Gasteiger partial charge on any atom is -0.480 e. The summed E-state index contributed by atoms with van der Waals surface area (Å²) in [6, 6.07) is 5.66. The van der Waals surface area contributed by atoms with Crippen LogP contribution < -0.4 is 10.6 Å². The van der Waals surface area contributed by atoms with Crippen LogP contribution in [-0.2, 0) is 14.4 Å². The van der Waals surface area contributed by atoms with Crippen molar-refractivity contribution in [3.8, 4) is 0 Å². The quantitative estimate of drug-likeness (QED) is 0.729. The van der Waals surface area contributed by atoms with Crippen LogP contribution in [0.15, 0.2) is 18.2 Å². The number of hydrogen-bond donors (Lipinski definition) is 3.